The molecule has 4 rings (SSSR count). The van der Waals surface area contributed by atoms with E-state index in [-0.39, 0.29) is 12.5 Å². The average Bonchev–Trinajstić information content (AvgIpc) is 3.28. The molecule has 0 radical (unpaired) electrons. The molecule has 2 nitrogen and oxygen atoms in total. The lowest BCUT2D eigenvalue weighted by molar-refractivity contribution is -0.00416. The Labute approximate surface area is 197 Å². The fourth-order valence-corrected chi connectivity index (χ4v) is 6.11. The van der Waals surface area contributed by atoms with E-state index in [1.54, 1.807) is 0 Å². The Balaban J connectivity index is 0.000000709. The Kier molecular flexibility index (Phi) is 9.07. The number of hydrogen-bond donors (Lipinski definition) is 1. The number of nitrogens with zero attached hydrogens (tertiary/aromatic N) is 1. The van der Waals surface area contributed by atoms with Crippen LogP contribution < -0.4 is 5.73 Å². The van der Waals surface area contributed by atoms with Crippen LogP contribution in [0.3, 0.4) is 0 Å². The molecule has 0 heterocycles. The van der Waals surface area contributed by atoms with Crippen LogP contribution >= 0.6 is 0 Å². The van der Waals surface area contributed by atoms with Gasteiger partial charge in [0.25, 0.3) is 0 Å². The number of terminal acetylenes is 2. The molecule has 0 aliphatic heterocycles. The standard InChI is InChI=1S/C26H29F2N.C3H5N/c1-2-18-29(19-17-28)26(15-16-27)24-10-6-4-8-21(24)12-14-25(26)23-13-11-20-7-3-5-9-22(20)23;1-2-3-4/h1,3-10,23,25H,11-19H2;1H,3-4H2. The van der Waals surface area contributed by atoms with E-state index in [0.29, 0.717) is 25.4 Å². The van der Waals surface area contributed by atoms with Crippen LogP contribution in [0.5, 0.6) is 0 Å². The second-order valence-electron chi connectivity index (χ2n) is 8.73. The van der Waals surface area contributed by atoms with Crippen LogP contribution in [0.4, 0.5) is 8.78 Å². The number of halogens is 2. The van der Waals surface area contributed by atoms with Gasteiger partial charge in [0.2, 0.25) is 0 Å². The van der Waals surface area contributed by atoms with Crippen LogP contribution in [-0.2, 0) is 18.4 Å². The van der Waals surface area contributed by atoms with Gasteiger partial charge in [0.15, 0.2) is 0 Å². The number of hydrogen-bond acceptors (Lipinski definition) is 2. The maximum atomic E-state index is 14.1. The second-order valence-corrected chi connectivity index (χ2v) is 8.73. The highest BCUT2D eigenvalue weighted by Crippen LogP contribution is 2.55. The monoisotopic (exact) mass is 448 g/mol. The van der Waals surface area contributed by atoms with Crippen molar-refractivity contribution in [1.29, 1.82) is 0 Å². The van der Waals surface area contributed by atoms with Crippen LogP contribution in [0.2, 0.25) is 0 Å². The molecule has 0 fully saturated rings. The van der Waals surface area contributed by atoms with Crippen LogP contribution in [-0.4, -0.2) is 37.9 Å². The molecule has 2 aromatic carbocycles. The summed E-state index contributed by atoms with van der Waals surface area (Å²) in [5.74, 6) is 5.51. The number of fused-ring (bicyclic) bond motifs is 2. The summed E-state index contributed by atoms with van der Waals surface area (Å²) in [5.41, 5.74) is 9.43. The molecule has 2 N–H and O–H groups in total. The smallest absolute Gasteiger partial charge is 0.102 e. The highest BCUT2D eigenvalue weighted by molar-refractivity contribution is 5.42. The Morgan fingerprint density at radius 3 is 2.27 bits per heavy atom. The lowest BCUT2D eigenvalue weighted by atomic mass is 9.61. The fourth-order valence-electron chi connectivity index (χ4n) is 6.11. The molecule has 3 unspecified atom stereocenters. The van der Waals surface area contributed by atoms with E-state index in [0.717, 1.165) is 31.2 Å². The summed E-state index contributed by atoms with van der Waals surface area (Å²) in [6, 6.07) is 17.0. The van der Waals surface area contributed by atoms with E-state index >= 15 is 0 Å². The number of nitrogens with two attached hydrogens (primary N) is 1. The van der Waals surface area contributed by atoms with Crippen molar-refractivity contribution in [2.24, 2.45) is 11.7 Å². The van der Waals surface area contributed by atoms with Gasteiger partial charge < -0.3 is 5.73 Å². The molecule has 0 saturated carbocycles. The van der Waals surface area contributed by atoms with Crippen molar-refractivity contribution >= 4 is 0 Å². The highest BCUT2D eigenvalue weighted by Gasteiger charge is 2.51. The zero-order valence-electron chi connectivity index (χ0n) is 19.3. The zero-order valence-corrected chi connectivity index (χ0v) is 19.3. The molecule has 0 spiro atoms. The Morgan fingerprint density at radius 1 is 0.939 bits per heavy atom. The molecule has 2 aliphatic rings. The average molecular weight is 449 g/mol. The summed E-state index contributed by atoms with van der Waals surface area (Å²) >= 11 is 0. The lowest BCUT2D eigenvalue weighted by Gasteiger charge is -2.54. The van der Waals surface area contributed by atoms with E-state index in [1.807, 2.05) is 12.1 Å². The molecule has 0 aromatic heterocycles. The van der Waals surface area contributed by atoms with Gasteiger partial charge in [0.05, 0.1) is 25.3 Å². The Morgan fingerprint density at radius 2 is 1.61 bits per heavy atom. The van der Waals surface area contributed by atoms with Crippen molar-refractivity contribution in [3.63, 3.8) is 0 Å². The van der Waals surface area contributed by atoms with Crippen molar-refractivity contribution in [2.75, 3.05) is 33.0 Å². The van der Waals surface area contributed by atoms with Crippen molar-refractivity contribution < 1.29 is 8.78 Å². The molecule has 3 atom stereocenters. The van der Waals surface area contributed by atoms with Crippen LogP contribution in [0.1, 0.15) is 47.4 Å². The molecule has 0 saturated heterocycles. The third-order valence-corrected chi connectivity index (χ3v) is 7.28. The summed E-state index contributed by atoms with van der Waals surface area (Å²) in [4.78, 5) is 2.07. The second kappa shape index (κ2) is 12.0. The molecular weight excluding hydrogens is 414 g/mol. The molecule has 2 aliphatic carbocycles. The van der Waals surface area contributed by atoms with Gasteiger partial charge >= 0.3 is 0 Å². The molecule has 0 amide bonds. The predicted molar refractivity (Wildman–Crippen MR) is 132 cm³/mol. The summed E-state index contributed by atoms with van der Waals surface area (Å²) in [6.07, 6.45) is 14.8. The minimum atomic E-state index is -0.565. The van der Waals surface area contributed by atoms with Crippen molar-refractivity contribution in [3.8, 4) is 24.7 Å². The van der Waals surface area contributed by atoms with E-state index in [1.165, 1.54) is 16.7 Å². The van der Waals surface area contributed by atoms with E-state index in [9.17, 15) is 8.78 Å². The fraction of sp³-hybridized carbons (Fsp3) is 0.448. The van der Waals surface area contributed by atoms with Crippen molar-refractivity contribution in [2.45, 2.75) is 43.6 Å². The summed E-state index contributed by atoms with van der Waals surface area (Å²) < 4.78 is 27.8. The summed E-state index contributed by atoms with van der Waals surface area (Å²) in [5, 5.41) is 0. The minimum absolute atomic E-state index is 0.219. The molecule has 174 valence electrons. The Hall–Kier alpha value is -2.66. The van der Waals surface area contributed by atoms with Gasteiger partial charge in [-0.25, -0.2) is 4.39 Å². The largest absolute Gasteiger partial charge is 0.320 e. The maximum Gasteiger partial charge on any atom is 0.102 e. The SMILES string of the molecule is C#CCN.C#CCN(CCF)C1(CCF)c2ccccc2CCC1C1CCc2ccccc21. The van der Waals surface area contributed by atoms with Gasteiger partial charge in [-0.05, 0) is 66.2 Å². The minimum Gasteiger partial charge on any atom is -0.320 e. The summed E-state index contributed by atoms with van der Waals surface area (Å²) in [7, 11) is 0. The van der Waals surface area contributed by atoms with Crippen LogP contribution in [0.15, 0.2) is 48.5 Å². The summed E-state index contributed by atoms with van der Waals surface area (Å²) in [6.45, 7) is 0.00490. The third-order valence-electron chi connectivity index (χ3n) is 7.28. The lowest BCUT2D eigenvalue weighted by Crippen LogP contribution is -2.56. The normalized spacial score (nSPS) is 23.0. The van der Waals surface area contributed by atoms with Gasteiger partial charge in [-0.2, -0.15) is 0 Å². The molecule has 0 bridgehead atoms. The molecule has 2 aromatic rings. The maximum absolute atomic E-state index is 14.1. The topological polar surface area (TPSA) is 29.3 Å². The molecular formula is C29H34F2N2. The first-order chi connectivity index (χ1) is 16.2. The highest BCUT2D eigenvalue weighted by atomic mass is 19.1. The van der Waals surface area contributed by atoms with Gasteiger partial charge in [0.1, 0.15) is 6.67 Å². The van der Waals surface area contributed by atoms with E-state index < -0.39 is 18.9 Å². The van der Waals surface area contributed by atoms with Crippen molar-refractivity contribution in [1.82, 2.24) is 4.90 Å². The number of rotatable bonds is 7. The third kappa shape index (κ3) is 4.98. The number of alkyl halides is 2. The number of aryl methyl sites for hydroxylation is 2. The van der Waals surface area contributed by atoms with Crippen molar-refractivity contribution in [3.05, 3.63) is 70.8 Å². The predicted octanol–water partition coefficient (Wildman–Crippen LogP) is 5.02. The van der Waals surface area contributed by atoms with E-state index in [2.05, 4.69) is 59.6 Å². The molecule has 33 heavy (non-hydrogen) atoms. The van der Waals surface area contributed by atoms with Gasteiger partial charge in [-0.3, -0.25) is 9.29 Å². The molecule has 4 heteroatoms. The first kappa shape index (κ1) is 25.0. The zero-order chi connectivity index (χ0) is 23.7. The Bertz CT molecular complexity index is 990. The van der Waals surface area contributed by atoms with Crippen LogP contribution in [0, 0.1) is 30.6 Å². The first-order valence-electron chi connectivity index (χ1n) is 11.8. The van der Waals surface area contributed by atoms with Gasteiger partial charge in [-0.15, -0.1) is 12.8 Å². The first-order valence-corrected chi connectivity index (χ1v) is 11.8. The van der Waals surface area contributed by atoms with Gasteiger partial charge in [-0.1, -0.05) is 60.4 Å². The van der Waals surface area contributed by atoms with Crippen LogP contribution in [0.25, 0.3) is 0 Å². The van der Waals surface area contributed by atoms with Gasteiger partial charge in [0, 0.05) is 6.54 Å². The number of benzene rings is 2. The quantitative estimate of drug-likeness (QED) is 0.603. The van der Waals surface area contributed by atoms with E-state index in [4.69, 9.17) is 12.2 Å².